The first-order valence-corrected chi connectivity index (χ1v) is 7.97. The minimum atomic E-state index is 0.577. The second-order valence-electron chi connectivity index (χ2n) is 4.14. The molecule has 0 spiro atoms. The molecule has 102 valence electrons. The van der Waals surface area contributed by atoms with E-state index < -0.39 is 0 Å². The number of thiophene rings is 1. The molecule has 0 radical (unpaired) electrons. The summed E-state index contributed by atoms with van der Waals surface area (Å²) < 4.78 is 6.81. The van der Waals surface area contributed by atoms with Gasteiger partial charge in [-0.2, -0.15) is 0 Å². The standard InChI is InChI=1S/C14H17BrN2OS/c1-2-6-16-8-11-3-4-12(9-17-11)18-10-14-13(15)5-7-19-14/h3-5,7,9,16H,2,6,8,10H2,1H3. The van der Waals surface area contributed by atoms with Crippen LogP contribution >= 0.6 is 27.3 Å². The summed E-state index contributed by atoms with van der Waals surface area (Å²) in [5.41, 5.74) is 1.04. The molecule has 2 rings (SSSR count). The van der Waals surface area contributed by atoms with Crippen LogP contribution in [0.3, 0.4) is 0 Å². The number of hydrogen-bond donors (Lipinski definition) is 1. The second kappa shape index (κ2) is 7.62. The molecule has 3 nitrogen and oxygen atoms in total. The topological polar surface area (TPSA) is 34.1 Å². The predicted octanol–water partition coefficient (Wildman–Crippen LogP) is 3.98. The molecule has 0 unspecified atom stereocenters. The zero-order valence-electron chi connectivity index (χ0n) is 10.9. The van der Waals surface area contributed by atoms with Crippen molar-refractivity contribution in [3.05, 3.63) is 44.8 Å². The van der Waals surface area contributed by atoms with Crippen LogP contribution in [0, 0.1) is 0 Å². The molecule has 0 saturated carbocycles. The van der Waals surface area contributed by atoms with E-state index in [9.17, 15) is 0 Å². The van der Waals surface area contributed by atoms with Crippen molar-refractivity contribution in [1.29, 1.82) is 0 Å². The molecule has 0 saturated heterocycles. The average molecular weight is 341 g/mol. The Morgan fingerprint density at radius 1 is 1.37 bits per heavy atom. The second-order valence-corrected chi connectivity index (χ2v) is 6.00. The van der Waals surface area contributed by atoms with E-state index in [4.69, 9.17) is 4.74 Å². The third-order valence-corrected chi connectivity index (χ3v) is 4.49. The predicted molar refractivity (Wildman–Crippen MR) is 82.6 cm³/mol. The van der Waals surface area contributed by atoms with Gasteiger partial charge in [0.05, 0.1) is 16.8 Å². The lowest BCUT2D eigenvalue weighted by molar-refractivity contribution is 0.307. The molecule has 0 aliphatic heterocycles. The van der Waals surface area contributed by atoms with Gasteiger partial charge in [0.1, 0.15) is 12.4 Å². The minimum Gasteiger partial charge on any atom is -0.486 e. The van der Waals surface area contributed by atoms with Gasteiger partial charge in [-0.3, -0.25) is 4.98 Å². The van der Waals surface area contributed by atoms with E-state index in [2.05, 4.69) is 33.2 Å². The Kier molecular flexibility index (Phi) is 5.82. The van der Waals surface area contributed by atoms with E-state index in [0.29, 0.717) is 6.61 Å². The first kappa shape index (κ1) is 14.5. The van der Waals surface area contributed by atoms with Gasteiger partial charge >= 0.3 is 0 Å². The van der Waals surface area contributed by atoms with Crippen molar-refractivity contribution in [2.45, 2.75) is 26.5 Å². The molecule has 0 amide bonds. The first-order valence-electron chi connectivity index (χ1n) is 6.30. The highest BCUT2D eigenvalue weighted by atomic mass is 79.9. The average Bonchev–Trinajstić information content (AvgIpc) is 2.84. The van der Waals surface area contributed by atoms with Crippen LogP contribution in [-0.4, -0.2) is 11.5 Å². The molecule has 2 aromatic heterocycles. The van der Waals surface area contributed by atoms with Crippen LogP contribution in [0.5, 0.6) is 5.75 Å². The third-order valence-electron chi connectivity index (χ3n) is 2.59. The highest BCUT2D eigenvalue weighted by molar-refractivity contribution is 9.10. The van der Waals surface area contributed by atoms with E-state index >= 15 is 0 Å². The van der Waals surface area contributed by atoms with Gasteiger partial charge in [0.15, 0.2) is 0 Å². The van der Waals surface area contributed by atoms with Crippen LogP contribution in [0.2, 0.25) is 0 Å². The van der Waals surface area contributed by atoms with Crippen LogP contribution in [0.4, 0.5) is 0 Å². The van der Waals surface area contributed by atoms with E-state index in [-0.39, 0.29) is 0 Å². The van der Waals surface area contributed by atoms with Gasteiger partial charge in [0.25, 0.3) is 0 Å². The molecule has 0 aliphatic carbocycles. The lowest BCUT2D eigenvalue weighted by atomic mass is 10.3. The Labute approximate surface area is 126 Å². The van der Waals surface area contributed by atoms with Crippen molar-refractivity contribution in [3.63, 3.8) is 0 Å². The van der Waals surface area contributed by atoms with Gasteiger partial charge in [0.2, 0.25) is 0 Å². The molecule has 2 aromatic rings. The van der Waals surface area contributed by atoms with Crippen molar-refractivity contribution in [1.82, 2.24) is 10.3 Å². The Hall–Kier alpha value is -0.910. The van der Waals surface area contributed by atoms with Gasteiger partial charge in [-0.1, -0.05) is 6.92 Å². The Bertz CT molecular complexity index is 498. The number of aromatic nitrogens is 1. The van der Waals surface area contributed by atoms with Crippen LogP contribution in [0.15, 0.2) is 34.2 Å². The van der Waals surface area contributed by atoms with E-state index in [1.807, 2.05) is 23.6 Å². The SMILES string of the molecule is CCCNCc1ccc(OCc2sccc2Br)cn1. The lowest BCUT2D eigenvalue weighted by Gasteiger charge is -2.06. The molecule has 5 heteroatoms. The highest BCUT2D eigenvalue weighted by Gasteiger charge is 2.03. The van der Waals surface area contributed by atoms with Crippen LogP contribution in [0.1, 0.15) is 23.9 Å². The highest BCUT2D eigenvalue weighted by Crippen LogP contribution is 2.24. The lowest BCUT2D eigenvalue weighted by Crippen LogP contribution is -2.14. The molecule has 19 heavy (non-hydrogen) atoms. The van der Waals surface area contributed by atoms with Gasteiger partial charge in [0, 0.05) is 11.0 Å². The fraction of sp³-hybridized carbons (Fsp3) is 0.357. The quantitative estimate of drug-likeness (QED) is 0.774. The van der Waals surface area contributed by atoms with E-state index in [1.54, 1.807) is 17.5 Å². The number of ether oxygens (including phenoxy) is 1. The molecular weight excluding hydrogens is 324 g/mol. The summed E-state index contributed by atoms with van der Waals surface area (Å²) in [7, 11) is 0. The van der Waals surface area contributed by atoms with Crippen LogP contribution in [-0.2, 0) is 13.2 Å². The van der Waals surface area contributed by atoms with Gasteiger partial charge < -0.3 is 10.1 Å². The van der Waals surface area contributed by atoms with Crippen molar-refractivity contribution >= 4 is 27.3 Å². The molecule has 0 aromatic carbocycles. The van der Waals surface area contributed by atoms with Gasteiger partial charge in [-0.25, -0.2) is 0 Å². The monoisotopic (exact) mass is 340 g/mol. The summed E-state index contributed by atoms with van der Waals surface area (Å²) in [5, 5.41) is 5.37. The fourth-order valence-electron chi connectivity index (χ4n) is 1.57. The first-order chi connectivity index (χ1) is 9.29. The molecule has 2 heterocycles. The number of pyridine rings is 1. The van der Waals surface area contributed by atoms with Crippen LogP contribution < -0.4 is 10.1 Å². The van der Waals surface area contributed by atoms with E-state index in [1.165, 1.54) is 4.88 Å². The molecule has 0 fully saturated rings. The van der Waals surface area contributed by atoms with Gasteiger partial charge in [-0.15, -0.1) is 11.3 Å². The van der Waals surface area contributed by atoms with Crippen LogP contribution in [0.25, 0.3) is 0 Å². The summed E-state index contributed by atoms with van der Waals surface area (Å²) >= 11 is 5.18. The van der Waals surface area contributed by atoms with Crippen molar-refractivity contribution in [2.75, 3.05) is 6.54 Å². The number of rotatable bonds is 7. The molecular formula is C14H17BrN2OS. The molecule has 0 aliphatic rings. The maximum Gasteiger partial charge on any atom is 0.138 e. The van der Waals surface area contributed by atoms with Gasteiger partial charge in [-0.05, 0) is 52.5 Å². The van der Waals surface area contributed by atoms with Crippen molar-refractivity contribution in [3.8, 4) is 5.75 Å². The zero-order chi connectivity index (χ0) is 13.5. The number of hydrogen-bond acceptors (Lipinski definition) is 4. The van der Waals surface area contributed by atoms with E-state index in [0.717, 1.165) is 35.4 Å². The molecule has 0 bridgehead atoms. The van der Waals surface area contributed by atoms with Crippen molar-refractivity contribution in [2.24, 2.45) is 0 Å². The zero-order valence-corrected chi connectivity index (χ0v) is 13.3. The van der Waals surface area contributed by atoms with Crippen molar-refractivity contribution < 1.29 is 4.74 Å². The summed E-state index contributed by atoms with van der Waals surface area (Å²) in [6.07, 6.45) is 2.92. The smallest absolute Gasteiger partial charge is 0.138 e. The fourth-order valence-corrected chi connectivity index (χ4v) is 2.95. The Morgan fingerprint density at radius 2 is 2.26 bits per heavy atom. The summed E-state index contributed by atoms with van der Waals surface area (Å²) in [6.45, 7) is 4.56. The molecule has 1 N–H and O–H groups in total. The third kappa shape index (κ3) is 4.60. The Balaban J connectivity index is 1.83. The Morgan fingerprint density at radius 3 is 2.89 bits per heavy atom. The number of halogens is 1. The number of nitrogens with one attached hydrogen (secondary N) is 1. The largest absolute Gasteiger partial charge is 0.486 e. The maximum absolute atomic E-state index is 5.71. The maximum atomic E-state index is 5.71. The number of nitrogens with zero attached hydrogens (tertiary/aromatic N) is 1. The summed E-state index contributed by atoms with van der Waals surface area (Å²) in [4.78, 5) is 5.57. The minimum absolute atomic E-state index is 0.577. The summed E-state index contributed by atoms with van der Waals surface area (Å²) in [5.74, 6) is 0.805. The summed E-state index contributed by atoms with van der Waals surface area (Å²) in [6, 6.07) is 6.00. The normalized spacial score (nSPS) is 10.6. The molecule has 0 atom stereocenters.